The lowest BCUT2D eigenvalue weighted by Gasteiger charge is -2.30. The van der Waals surface area contributed by atoms with E-state index >= 15 is 0 Å². The zero-order valence-corrected chi connectivity index (χ0v) is 14.3. The van der Waals surface area contributed by atoms with Gasteiger partial charge in [0.15, 0.2) is 9.84 Å². The van der Waals surface area contributed by atoms with Gasteiger partial charge in [-0.15, -0.1) is 5.10 Å². The highest BCUT2D eigenvalue weighted by Gasteiger charge is 2.51. The van der Waals surface area contributed by atoms with Gasteiger partial charge in [-0.1, -0.05) is 5.21 Å². The molecule has 1 aliphatic carbocycles. The molecule has 0 amide bonds. The average Bonchev–Trinajstić information content (AvgIpc) is 3.17. The highest BCUT2D eigenvalue weighted by Crippen LogP contribution is 2.53. The highest BCUT2D eigenvalue weighted by atomic mass is 32.2. The van der Waals surface area contributed by atoms with Crippen molar-refractivity contribution in [3.63, 3.8) is 0 Å². The maximum atomic E-state index is 11.8. The van der Waals surface area contributed by atoms with Crippen LogP contribution in [0, 0.1) is 5.41 Å². The van der Waals surface area contributed by atoms with E-state index < -0.39 is 9.84 Å². The molecule has 2 saturated heterocycles. The molecule has 0 N–H and O–H groups in total. The van der Waals surface area contributed by atoms with Crippen LogP contribution in [0.25, 0.3) is 0 Å². The molecule has 3 heterocycles. The zero-order valence-electron chi connectivity index (χ0n) is 13.5. The second-order valence-corrected chi connectivity index (χ2v) is 9.74. The van der Waals surface area contributed by atoms with E-state index in [1.54, 1.807) is 0 Å². The number of rotatable bonds is 4. The van der Waals surface area contributed by atoms with Crippen LogP contribution in [0.5, 0.6) is 0 Å². The lowest BCUT2D eigenvalue weighted by molar-refractivity contribution is -0.0366. The molecule has 1 saturated carbocycles. The number of nitrogens with zero attached hydrogens (tertiary/aromatic N) is 3. The van der Waals surface area contributed by atoms with E-state index in [2.05, 4.69) is 10.3 Å². The van der Waals surface area contributed by atoms with Crippen LogP contribution in [0.15, 0.2) is 6.20 Å². The van der Waals surface area contributed by atoms with Gasteiger partial charge in [-0.2, -0.15) is 0 Å². The van der Waals surface area contributed by atoms with Crippen molar-refractivity contribution in [1.82, 2.24) is 15.0 Å². The Bertz CT molecular complexity index is 660. The van der Waals surface area contributed by atoms with Crippen molar-refractivity contribution in [1.29, 1.82) is 0 Å². The fourth-order valence-electron chi connectivity index (χ4n) is 4.12. The molecule has 2 unspecified atom stereocenters. The number of aromatic nitrogens is 3. The number of ether oxygens (including phenoxy) is 1. The molecule has 1 aromatic rings. The molecule has 4 rings (SSSR count). The van der Waals surface area contributed by atoms with Crippen LogP contribution in [-0.4, -0.2) is 47.6 Å². The molecule has 0 bridgehead atoms. The summed E-state index contributed by atoms with van der Waals surface area (Å²) < 4.78 is 31.5. The van der Waals surface area contributed by atoms with E-state index in [0.717, 1.165) is 38.1 Å². The minimum absolute atomic E-state index is 0.0172. The largest absolute Gasteiger partial charge is 0.378 e. The molecule has 0 aromatic carbocycles. The van der Waals surface area contributed by atoms with E-state index in [4.69, 9.17) is 4.74 Å². The van der Waals surface area contributed by atoms with Gasteiger partial charge >= 0.3 is 0 Å². The second-order valence-electron chi connectivity index (χ2n) is 7.51. The summed E-state index contributed by atoms with van der Waals surface area (Å²) in [6.45, 7) is 1.74. The Hall–Kier alpha value is -0.950. The van der Waals surface area contributed by atoms with Crippen molar-refractivity contribution in [2.24, 2.45) is 5.41 Å². The first kappa shape index (κ1) is 15.6. The van der Waals surface area contributed by atoms with Crippen molar-refractivity contribution in [2.75, 3.05) is 18.1 Å². The molecule has 6 nitrogen and oxygen atoms in total. The minimum atomic E-state index is -2.91. The fraction of sp³-hybridized carbons (Fsp3) is 0.875. The van der Waals surface area contributed by atoms with Crippen LogP contribution < -0.4 is 0 Å². The fourth-order valence-corrected chi connectivity index (χ4v) is 5.85. The highest BCUT2D eigenvalue weighted by molar-refractivity contribution is 7.91. The number of sulfone groups is 1. The third-order valence-corrected chi connectivity index (χ3v) is 7.49. The van der Waals surface area contributed by atoms with Gasteiger partial charge in [0.25, 0.3) is 0 Å². The van der Waals surface area contributed by atoms with E-state index in [0.29, 0.717) is 11.9 Å². The van der Waals surface area contributed by atoms with Gasteiger partial charge in [-0.25, -0.2) is 8.42 Å². The third-order valence-electron chi connectivity index (χ3n) is 5.67. The molecule has 23 heavy (non-hydrogen) atoms. The van der Waals surface area contributed by atoms with E-state index in [9.17, 15) is 8.42 Å². The van der Waals surface area contributed by atoms with Crippen molar-refractivity contribution >= 4 is 9.84 Å². The van der Waals surface area contributed by atoms with Crippen molar-refractivity contribution in [3.05, 3.63) is 11.9 Å². The zero-order chi connectivity index (χ0) is 15.9. The molecule has 3 aliphatic rings. The standard InChI is InChI=1S/C16H25N3O3S/c20-23(21)9-3-4-13(11-23)14-10-19(18-17-14)12-16(6-7-16)15-5-1-2-8-22-15/h10,13,15H,1-9,11-12H2. The Kier molecular flexibility index (Phi) is 3.96. The van der Waals surface area contributed by atoms with Crippen LogP contribution in [0.2, 0.25) is 0 Å². The van der Waals surface area contributed by atoms with Gasteiger partial charge in [0.2, 0.25) is 0 Å². The van der Waals surface area contributed by atoms with Crippen LogP contribution >= 0.6 is 0 Å². The van der Waals surface area contributed by atoms with Crippen LogP contribution in [-0.2, 0) is 21.1 Å². The first-order valence-corrected chi connectivity index (χ1v) is 10.6. The van der Waals surface area contributed by atoms with Gasteiger partial charge in [0, 0.05) is 24.1 Å². The normalized spacial score (nSPS) is 32.5. The van der Waals surface area contributed by atoms with Gasteiger partial charge < -0.3 is 4.74 Å². The van der Waals surface area contributed by atoms with Gasteiger partial charge in [-0.05, 0) is 44.9 Å². The second kappa shape index (κ2) is 5.84. The Balaban J connectivity index is 1.44. The number of hydrogen-bond acceptors (Lipinski definition) is 5. The molecular weight excluding hydrogens is 314 g/mol. The first-order chi connectivity index (χ1) is 11.1. The topological polar surface area (TPSA) is 74.1 Å². The van der Waals surface area contributed by atoms with Crippen LogP contribution in [0.1, 0.15) is 56.6 Å². The quantitative estimate of drug-likeness (QED) is 0.838. The van der Waals surface area contributed by atoms with Gasteiger partial charge in [0.05, 0.1) is 29.8 Å². The minimum Gasteiger partial charge on any atom is -0.378 e. The Morgan fingerprint density at radius 3 is 2.83 bits per heavy atom. The molecule has 7 heteroatoms. The van der Waals surface area contributed by atoms with Crippen molar-refractivity contribution < 1.29 is 13.2 Å². The summed E-state index contributed by atoms with van der Waals surface area (Å²) in [6, 6.07) is 0. The third kappa shape index (κ3) is 3.31. The predicted molar refractivity (Wildman–Crippen MR) is 85.9 cm³/mol. The Labute approximate surface area is 137 Å². The van der Waals surface area contributed by atoms with Crippen LogP contribution in [0.3, 0.4) is 0 Å². The summed E-state index contributed by atoms with van der Waals surface area (Å²) in [5.41, 5.74) is 1.08. The maximum absolute atomic E-state index is 11.8. The van der Waals surface area contributed by atoms with E-state index in [1.807, 2.05) is 10.9 Å². The van der Waals surface area contributed by atoms with Crippen molar-refractivity contribution in [2.45, 2.75) is 63.5 Å². The molecule has 1 aromatic heterocycles. The van der Waals surface area contributed by atoms with Gasteiger partial charge in [0.1, 0.15) is 0 Å². The van der Waals surface area contributed by atoms with Gasteiger partial charge in [-0.3, -0.25) is 4.68 Å². The average molecular weight is 339 g/mol. The smallest absolute Gasteiger partial charge is 0.150 e. The number of hydrogen-bond donors (Lipinski definition) is 0. The summed E-state index contributed by atoms with van der Waals surface area (Å²) in [6.07, 6.45) is 9.95. The summed E-state index contributed by atoms with van der Waals surface area (Å²) in [5, 5.41) is 8.55. The molecular formula is C16H25N3O3S. The lowest BCUT2D eigenvalue weighted by atomic mass is 9.92. The molecule has 128 valence electrons. The molecule has 2 atom stereocenters. The molecule has 0 radical (unpaired) electrons. The van der Waals surface area contributed by atoms with E-state index in [-0.39, 0.29) is 17.1 Å². The Morgan fingerprint density at radius 1 is 1.26 bits per heavy atom. The first-order valence-electron chi connectivity index (χ1n) is 8.78. The van der Waals surface area contributed by atoms with Crippen LogP contribution in [0.4, 0.5) is 0 Å². The summed E-state index contributed by atoms with van der Waals surface area (Å²) in [4.78, 5) is 0. The maximum Gasteiger partial charge on any atom is 0.150 e. The monoisotopic (exact) mass is 339 g/mol. The van der Waals surface area contributed by atoms with Crippen molar-refractivity contribution in [3.8, 4) is 0 Å². The molecule has 3 fully saturated rings. The lowest BCUT2D eigenvalue weighted by Crippen LogP contribution is -2.32. The molecule has 0 spiro atoms. The Morgan fingerprint density at radius 2 is 2.13 bits per heavy atom. The summed E-state index contributed by atoms with van der Waals surface area (Å²) in [5.74, 6) is 0.561. The summed E-state index contributed by atoms with van der Waals surface area (Å²) >= 11 is 0. The molecule has 2 aliphatic heterocycles. The predicted octanol–water partition coefficient (Wildman–Crippen LogP) is 1.92. The SMILES string of the molecule is O=S1(=O)CCCC(c2cn(CC3(C4CCCCO4)CC3)nn2)C1. The van der Waals surface area contributed by atoms with E-state index in [1.165, 1.54) is 25.7 Å². The summed E-state index contributed by atoms with van der Waals surface area (Å²) in [7, 11) is -2.91.